The zero-order valence-electron chi connectivity index (χ0n) is 7.32. The van der Waals surface area contributed by atoms with E-state index in [0.717, 1.165) is 0 Å². The van der Waals surface area contributed by atoms with Crippen LogP contribution in [0.2, 0.25) is 0 Å². The van der Waals surface area contributed by atoms with Gasteiger partial charge < -0.3 is 14.6 Å². The van der Waals surface area contributed by atoms with Gasteiger partial charge in [-0.1, -0.05) is 0 Å². The van der Waals surface area contributed by atoms with Crippen LogP contribution in [0.3, 0.4) is 0 Å². The molecule has 1 fully saturated rings. The highest BCUT2D eigenvalue weighted by molar-refractivity contribution is 5.66. The van der Waals surface area contributed by atoms with E-state index < -0.39 is 24.8 Å². The van der Waals surface area contributed by atoms with E-state index in [9.17, 15) is 4.79 Å². The van der Waals surface area contributed by atoms with E-state index in [2.05, 4.69) is 0 Å². The fourth-order valence-electron chi connectivity index (χ4n) is 1.01. The molecule has 1 aliphatic rings. The van der Waals surface area contributed by atoms with Gasteiger partial charge in [-0.2, -0.15) is 0 Å². The Morgan fingerprint density at radius 3 is 3.27 bits per heavy atom. The number of carbonyl (C=O) groups is 1. The summed E-state index contributed by atoms with van der Waals surface area (Å²) < 4.78 is 17.0. The van der Waals surface area contributed by atoms with Crippen LogP contribution >= 0.6 is 0 Å². The lowest BCUT2D eigenvalue weighted by Gasteiger charge is -2.15. The van der Waals surface area contributed by atoms with Gasteiger partial charge in [-0.05, 0) is 0 Å². The number of aliphatic hydroxyl groups excluding tert-OH is 1. The van der Waals surface area contributed by atoms with E-state index in [1.54, 1.807) is 0 Å². The first-order valence-electron chi connectivity index (χ1n) is 4.07. The molecular formula is C7H12O4. The zero-order chi connectivity index (χ0) is 9.14. The third-order valence-electron chi connectivity index (χ3n) is 1.51. The third-order valence-corrected chi connectivity index (χ3v) is 1.51. The van der Waals surface area contributed by atoms with E-state index in [-0.39, 0.29) is 6.61 Å². The van der Waals surface area contributed by atoms with Crippen molar-refractivity contribution in [1.29, 1.82) is 0 Å². The van der Waals surface area contributed by atoms with E-state index in [1.165, 1.54) is 6.92 Å². The topological polar surface area (TPSA) is 55.8 Å². The van der Waals surface area contributed by atoms with Crippen molar-refractivity contribution in [1.82, 2.24) is 0 Å². The van der Waals surface area contributed by atoms with Crippen molar-refractivity contribution < 1.29 is 20.7 Å². The van der Waals surface area contributed by atoms with Gasteiger partial charge in [0.1, 0.15) is 12.2 Å². The van der Waals surface area contributed by atoms with Crippen LogP contribution in [0.5, 0.6) is 0 Å². The molecule has 0 aromatic rings. The molecule has 0 aliphatic carbocycles. The Labute approximate surface area is 66.5 Å². The average molecular weight is 162 g/mol. The minimum Gasteiger partial charge on any atom is -0.460 e. The lowest BCUT2D eigenvalue weighted by Crippen LogP contribution is -2.29. The Kier molecular flexibility index (Phi) is 2.37. The third kappa shape index (κ3) is 2.17. The van der Waals surface area contributed by atoms with Crippen molar-refractivity contribution >= 4 is 5.97 Å². The number of hydrogen-bond acceptors (Lipinski definition) is 4. The summed E-state index contributed by atoms with van der Waals surface area (Å²) in [5.74, 6) is -0.406. The molecule has 0 amide bonds. The fraction of sp³-hybridized carbons (Fsp3) is 0.857. The SMILES string of the molecule is [3H][C@H]1C[C@H](OC(C)=O)[C@@H](CO)O1. The molecule has 1 aliphatic heterocycles. The van der Waals surface area contributed by atoms with Crippen LogP contribution in [0.15, 0.2) is 0 Å². The number of aliphatic hydroxyl groups is 1. The van der Waals surface area contributed by atoms with Crippen molar-refractivity contribution in [2.24, 2.45) is 0 Å². The van der Waals surface area contributed by atoms with E-state index in [4.69, 9.17) is 16.0 Å². The fourth-order valence-corrected chi connectivity index (χ4v) is 1.01. The molecule has 0 radical (unpaired) electrons. The summed E-state index contributed by atoms with van der Waals surface area (Å²) in [7, 11) is 0. The van der Waals surface area contributed by atoms with Gasteiger partial charge in [-0.15, -0.1) is 0 Å². The molecule has 1 heterocycles. The maximum atomic E-state index is 10.5. The van der Waals surface area contributed by atoms with Crippen molar-refractivity contribution in [3.8, 4) is 0 Å². The number of ether oxygens (including phenoxy) is 2. The summed E-state index contributed by atoms with van der Waals surface area (Å²) in [6.45, 7) is 0.394. The van der Waals surface area contributed by atoms with Gasteiger partial charge in [0.15, 0.2) is 0 Å². The summed E-state index contributed by atoms with van der Waals surface area (Å²) in [6, 6.07) is 0. The van der Waals surface area contributed by atoms with Crippen LogP contribution in [0.1, 0.15) is 14.7 Å². The zero-order valence-corrected chi connectivity index (χ0v) is 6.32. The summed E-state index contributed by atoms with van der Waals surface area (Å²) in [5, 5.41) is 8.77. The largest absolute Gasteiger partial charge is 0.460 e. The second-order valence-electron chi connectivity index (χ2n) is 2.41. The molecular weight excluding hydrogens is 148 g/mol. The summed E-state index contributed by atoms with van der Waals surface area (Å²) in [5.41, 5.74) is 0. The summed E-state index contributed by atoms with van der Waals surface area (Å²) in [6.07, 6.45) is -0.656. The molecule has 4 nitrogen and oxygen atoms in total. The highest BCUT2D eigenvalue weighted by atomic mass is 16.6. The van der Waals surface area contributed by atoms with Crippen molar-refractivity contribution in [2.75, 3.05) is 13.2 Å². The van der Waals surface area contributed by atoms with Crippen LogP contribution in [0.4, 0.5) is 0 Å². The van der Waals surface area contributed by atoms with E-state index in [1.807, 2.05) is 0 Å². The summed E-state index contributed by atoms with van der Waals surface area (Å²) in [4.78, 5) is 10.5. The Morgan fingerprint density at radius 2 is 2.73 bits per heavy atom. The lowest BCUT2D eigenvalue weighted by molar-refractivity contribution is -0.149. The first-order valence-corrected chi connectivity index (χ1v) is 3.49. The predicted molar refractivity (Wildman–Crippen MR) is 37.0 cm³/mol. The number of esters is 1. The minimum absolute atomic E-state index is 0.215. The van der Waals surface area contributed by atoms with Gasteiger partial charge in [0.25, 0.3) is 0 Å². The highest BCUT2D eigenvalue weighted by Crippen LogP contribution is 2.16. The van der Waals surface area contributed by atoms with E-state index >= 15 is 0 Å². The van der Waals surface area contributed by atoms with Gasteiger partial charge in [-0.3, -0.25) is 4.79 Å². The highest BCUT2D eigenvalue weighted by Gasteiger charge is 2.29. The molecule has 0 aromatic carbocycles. The second-order valence-corrected chi connectivity index (χ2v) is 2.41. The summed E-state index contributed by atoms with van der Waals surface area (Å²) >= 11 is 0. The van der Waals surface area contributed by atoms with E-state index in [0.29, 0.717) is 6.42 Å². The molecule has 0 bridgehead atoms. The molecule has 1 N–H and O–H groups in total. The smallest absolute Gasteiger partial charge is 0.302 e. The molecule has 0 unspecified atom stereocenters. The van der Waals surface area contributed by atoms with Gasteiger partial charge in [0.05, 0.1) is 14.6 Å². The Balaban J connectivity index is 2.46. The standard InChI is InChI=1S/C7H12O4/c1-5(9)11-6-2-3-10-7(6)4-8/h6-8H,2-4H2,1H3/t6-,7+/m0/s1/i3T/t3-,6-,7+. The van der Waals surface area contributed by atoms with Crippen LogP contribution in [-0.2, 0) is 14.3 Å². The van der Waals surface area contributed by atoms with Gasteiger partial charge >= 0.3 is 5.97 Å². The Bertz CT molecular complexity index is 173. The molecule has 0 aromatic heterocycles. The molecule has 0 spiro atoms. The van der Waals surface area contributed by atoms with Crippen LogP contribution < -0.4 is 0 Å². The number of carbonyl (C=O) groups excluding carboxylic acids is 1. The quantitative estimate of drug-likeness (QED) is 0.566. The molecule has 0 saturated carbocycles. The molecule has 3 atom stereocenters. The van der Waals surface area contributed by atoms with Gasteiger partial charge in [0.2, 0.25) is 0 Å². The van der Waals surface area contributed by atoms with Crippen LogP contribution in [-0.4, -0.2) is 36.5 Å². The lowest BCUT2D eigenvalue weighted by atomic mass is 10.2. The molecule has 11 heavy (non-hydrogen) atoms. The Morgan fingerprint density at radius 1 is 2.00 bits per heavy atom. The van der Waals surface area contributed by atoms with Crippen molar-refractivity contribution in [3.63, 3.8) is 0 Å². The molecule has 64 valence electrons. The molecule has 1 saturated heterocycles. The minimum atomic E-state index is -0.688. The maximum Gasteiger partial charge on any atom is 0.302 e. The normalized spacial score (nSPS) is 38.4. The van der Waals surface area contributed by atoms with Crippen molar-refractivity contribution in [3.05, 3.63) is 0 Å². The predicted octanol–water partition coefficient (Wildman–Crippen LogP) is -0.301. The van der Waals surface area contributed by atoms with Gasteiger partial charge in [0, 0.05) is 13.3 Å². The molecule has 4 heteroatoms. The number of rotatable bonds is 2. The Hall–Kier alpha value is -0.610. The van der Waals surface area contributed by atoms with Crippen molar-refractivity contribution in [2.45, 2.75) is 25.6 Å². The average Bonchev–Trinajstić information content (AvgIpc) is 2.29. The second kappa shape index (κ2) is 3.69. The first kappa shape index (κ1) is 7.06. The van der Waals surface area contributed by atoms with Gasteiger partial charge in [-0.25, -0.2) is 0 Å². The number of hydrogen-bond donors (Lipinski definition) is 1. The maximum absolute atomic E-state index is 10.5. The first-order chi connectivity index (χ1) is 5.63. The monoisotopic (exact) mass is 162 g/mol. The van der Waals surface area contributed by atoms with Crippen LogP contribution in [0, 0.1) is 0 Å². The molecule has 1 rings (SSSR count). The van der Waals surface area contributed by atoms with Crippen LogP contribution in [0.25, 0.3) is 0 Å².